The lowest BCUT2D eigenvalue weighted by Gasteiger charge is -2.47. The first-order chi connectivity index (χ1) is 15.6. The fourth-order valence-corrected chi connectivity index (χ4v) is 5.06. The van der Waals surface area contributed by atoms with Gasteiger partial charge in [-0.25, -0.2) is 4.79 Å². The van der Waals surface area contributed by atoms with Crippen LogP contribution in [0.25, 0.3) is 0 Å². The van der Waals surface area contributed by atoms with Gasteiger partial charge in [-0.3, -0.25) is 4.90 Å². The predicted molar refractivity (Wildman–Crippen MR) is 124 cm³/mol. The molecule has 0 amide bonds. The Kier molecular flexibility index (Phi) is 7.73. The third kappa shape index (κ3) is 5.52. The van der Waals surface area contributed by atoms with Gasteiger partial charge < -0.3 is 9.64 Å². The molecule has 1 aliphatic rings. The molecule has 0 aromatic heterocycles. The van der Waals surface area contributed by atoms with Crippen LogP contribution >= 0.6 is 0 Å². The number of hydrogen-bond acceptors (Lipinski definition) is 4. The number of benzene rings is 2. The number of carbonyl (C=O) groups is 1. The summed E-state index contributed by atoms with van der Waals surface area (Å²) in [5.41, 5.74) is 1.35. The van der Waals surface area contributed by atoms with Crippen LogP contribution in [0.3, 0.4) is 0 Å². The average molecular weight is 463 g/mol. The molecular formula is C26H33F3N2O2. The van der Waals surface area contributed by atoms with Crippen LogP contribution in [-0.4, -0.2) is 42.6 Å². The van der Waals surface area contributed by atoms with Gasteiger partial charge in [0.15, 0.2) is 0 Å². The van der Waals surface area contributed by atoms with E-state index in [1.807, 2.05) is 30.0 Å². The summed E-state index contributed by atoms with van der Waals surface area (Å²) in [5.74, 6) is -0.754. The number of nitrogens with zero attached hydrogens (tertiary/aromatic N) is 2. The highest BCUT2D eigenvalue weighted by atomic mass is 19.4. The van der Waals surface area contributed by atoms with Crippen LogP contribution < -0.4 is 4.90 Å². The summed E-state index contributed by atoms with van der Waals surface area (Å²) in [6, 6.07) is 13.0. The van der Waals surface area contributed by atoms with Gasteiger partial charge in [0.2, 0.25) is 0 Å². The molecule has 1 aliphatic heterocycles. The second kappa shape index (κ2) is 10.2. The molecule has 0 aliphatic carbocycles. The van der Waals surface area contributed by atoms with E-state index < -0.39 is 17.7 Å². The van der Waals surface area contributed by atoms with E-state index in [0.717, 1.165) is 25.5 Å². The van der Waals surface area contributed by atoms with Crippen LogP contribution in [0, 0.1) is 6.92 Å². The monoisotopic (exact) mass is 462 g/mol. The molecule has 1 fully saturated rings. The fraction of sp³-hybridized carbons (Fsp3) is 0.500. The molecule has 180 valence electrons. The van der Waals surface area contributed by atoms with Gasteiger partial charge in [0.05, 0.1) is 18.2 Å². The second-order valence-electron chi connectivity index (χ2n) is 8.92. The lowest BCUT2D eigenvalue weighted by molar-refractivity contribution is -0.137. The molecule has 1 heterocycles. The largest absolute Gasteiger partial charge is 0.465 e. The number of halogens is 3. The molecular weight excluding hydrogens is 429 g/mol. The first kappa shape index (κ1) is 25.1. The summed E-state index contributed by atoms with van der Waals surface area (Å²) in [7, 11) is 1.19. The maximum Gasteiger partial charge on any atom is 0.416 e. The summed E-state index contributed by atoms with van der Waals surface area (Å²) in [6.45, 7) is 9.39. The number of rotatable bonds is 6. The summed E-state index contributed by atoms with van der Waals surface area (Å²) >= 11 is 0. The Morgan fingerprint density at radius 2 is 1.73 bits per heavy atom. The Morgan fingerprint density at radius 3 is 2.24 bits per heavy atom. The van der Waals surface area contributed by atoms with Crippen LogP contribution in [0.5, 0.6) is 0 Å². The minimum absolute atomic E-state index is 0.0385. The Bertz CT molecular complexity index is 950. The van der Waals surface area contributed by atoms with E-state index in [4.69, 9.17) is 4.74 Å². The van der Waals surface area contributed by atoms with Gasteiger partial charge in [0.1, 0.15) is 0 Å². The molecule has 0 bridgehead atoms. The molecule has 1 saturated heterocycles. The van der Waals surface area contributed by atoms with Crippen LogP contribution in [0.4, 0.5) is 18.9 Å². The molecule has 2 unspecified atom stereocenters. The van der Waals surface area contributed by atoms with E-state index in [1.165, 1.54) is 18.7 Å². The average Bonchev–Trinajstić information content (AvgIpc) is 2.77. The van der Waals surface area contributed by atoms with E-state index in [1.54, 1.807) is 6.92 Å². The number of piperidine rings is 1. The van der Waals surface area contributed by atoms with Crippen molar-refractivity contribution in [2.24, 2.45) is 0 Å². The van der Waals surface area contributed by atoms with Crippen molar-refractivity contribution < 1.29 is 22.7 Å². The highest BCUT2D eigenvalue weighted by Crippen LogP contribution is 2.38. The molecule has 3 rings (SSSR count). The summed E-state index contributed by atoms with van der Waals surface area (Å²) in [5, 5.41) is 0. The standard InChI is InChI=1S/C26H33F3N2O2/c1-6-30(24-15-21(26(27,28)29)14-23(19(24)4)25(32)33-5)22-12-17(2)31(18(3)13-22)16-20-10-8-7-9-11-20/h7-11,14-15,17-18,22H,6,12-13,16H2,1-5H3. The van der Waals surface area contributed by atoms with E-state index >= 15 is 0 Å². The topological polar surface area (TPSA) is 32.8 Å². The minimum Gasteiger partial charge on any atom is -0.465 e. The first-order valence-electron chi connectivity index (χ1n) is 11.4. The Morgan fingerprint density at radius 1 is 1.12 bits per heavy atom. The molecule has 0 spiro atoms. The first-order valence-corrected chi connectivity index (χ1v) is 11.4. The molecule has 7 heteroatoms. The number of methoxy groups -OCH3 is 1. The van der Waals surface area contributed by atoms with Crippen molar-refractivity contribution in [2.45, 2.75) is 71.4 Å². The van der Waals surface area contributed by atoms with Gasteiger partial charge >= 0.3 is 12.1 Å². The summed E-state index contributed by atoms with van der Waals surface area (Å²) in [4.78, 5) is 16.7. The predicted octanol–water partition coefficient (Wildman–Crippen LogP) is 6.07. The zero-order chi connectivity index (χ0) is 24.3. The molecule has 2 atom stereocenters. The number of carbonyl (C=O) groups excluding carboxylic acids is 1. The van der Waals surface area contributed by atoms with Crippen LogP contribution in [-0.2, 0) is 17.5 Å². The maximum atomic E-state index is 13.7. The third-order valence-electron chi connectivity index (χ3n) is 6.77. The van der Waals surface area contributed by atoms with E-state index in [2.05, 4.69) is 30.9 Å². The Hall–Kier alpha value is -2.54. The highest BCUT2D eigenvalue weighted by molar-refractivity contribution is 5.93. The second-order valence-corrected chi connectivity index (χ2v) is 8.92. The lowest BCUT2D eigenvalue weighted by atomic mass is 9.89. The van der Waals surface area contributed by atoms with Crippen molar-refractivity contribution in [3.8, 4) is 0 Å². The zero-order valence-corrected chi connectivity index (χ0v) is 19.9. The summed E-state index contributed by atoms with van der Waals surface area (Å²) in [6.07, 6.45) is -2.90. The van der Waals surface area contributed by atoms with Gasteiger partial charge in [-0.15, -0.1) is 0 Å². The number of esters is 1. The van der Waals surface area contributed by atoms with Crippen molar-refractivity contribution in [1.29, 1.82) is 0 Å². The lowest BCUT2D eigenvalue weighted by Crippen LogP contribution is -2.53. The van der Waals surface area contributed by atoms with Crippen molar-refractivity contribution in [1.82, 2.24) is 4.90 Å². The summed E-state index contributed by atoms with van der Waals surface area (Å²) < 4.78 is 45.8. The number of anilines is 1. The molecule has 0 radical (unpaired) electrons. The SMILES string of the molecule is CCN(c1cc(C(F)(F)F)cc(C(=O)OC)c1C)C1CC(C)N(Cc2ccccc2)C(C)C1. The Balaban J connectivity index is 1.92. The van der Waals surface area contributed by atoms with Gasteiger partial charge in [0.25, 0.3) is 0 Å². The Labute approximate surface area is 194 Å². The van der Waals surface area contributed by atoms with Crippen molar-refractivity contribution in [3.05, 3.63) is 64.7 Å². The van der Waals surface area contributed by atoms with Crippen molar-refractivity contribution >= 4 is 11.7 Å². The maximum absolute atomic E-state index is 13.7. The number of alkyl halides is 3. The number of hydrogen-bond donors (Lipinski definition) is 0. The molecule has 4 nitrogen and oxygen atoms in total. The van der Waals surface area contributed by atoms with Gasteiger partial charge in [0, 0.05) is 36.9 Å². The van der Waals surface area contributed by atoms with Crippen LogP contribution in [0.1, 0.15) is 60.7 Å². The fourth-order valence-electron chi connectivity index (χ4n) is 5.06. The molecule has 2 aromatic rings. The van der Waals surface area contributed by atoms with E-state index in [9.17, 15) is 18.0 Å². The third-order valence-corrected chi connectivity index (χ3v) is 6.77. The van der Waals surface area contributed by atoms with Crippen LogP contribution in [0.2, 0.25) is 0 Å². The minimum atomic E-state index is -4.55. The zero-order valence-electron chi connectivity index (χ0n) is 19.9. The van der Waals surface area contributed by atoms with Gasteiger partial charge in [-0.2, -0.15) is 13.2 Å². The van der Waals surface area contributed by atoms with Gasteiger partial charge in [-0.05, 0) is 63.8 Å². The number of ether oxygens (including phenoxy) is 1. The van der Waals surface area contributed by atoms with E-state index in [-0.39, 0.29) is 23.7 Å². The van der Waals surface area contributed by atoms with Crippen molar-refractivity contribution in [3.63, 3.8) is 0 Å². The van der Waals surface area contributed by atoms with Crippen molar-refractivity contribution in [2.75, 3.05) is 18.6 Å². The van der Waals surface area contributed by atoms with Gasteiger partial charge in [-0.1, -0.05) is 30.3 Å². The normalized spacial score (nSPS) is 21.6. The van der Waals surface area contributed by atoms with E-state index in [0.29, 0.717) is 17.8 Å². The smallest absolute Gasteiger partial charge is 0.416 e. The molecule has 0 N–H and O–H groups in total. The van der Waals surface area contributed by atoms with Crippen LogP contribution in [0.15, 0.2) is 42.5 Å². The highest BCUT2D eigenvalue weighted by Gasteiger charge is 2.37. The quantitative estimate of drug-likeness (QED) is 0.488. The molecule has 0 saturated carbocycles. The number of likely N-dealkylation sites (tertiary alicyclic amines) is 1. The molecule has 2 aromatic carbocycles. The molecule has 33 heavy (non-hydrogen) atoms.